The molecule has 1 aliphatic heterocycles. The predicted molar refractivity (Wildman–Crippen MR) is 55.7 cm³/mol. The smallest absolute Gasteiger partial charge is 0.0624 e. The number of halogens is 1. The van der Waals surface area contributed by atoms with Gasteiger partial charge in [0.15, 0.2) is 0 Å². The monoisotopic (exact) mass is 241 g/mol. The van der Waals surface area contributed by atoms with Crippen LogP contribution in [0.25, 0.3) is 0 Å². The molecule has 1 aliphatic rings. The van der Waals surface area contributed by atoms with Crippen molar-refractivity contribution < 1.29 is 4.74 Å². The Labute approximate surface area is 86.2 Å². The SMILES string of the molecule is NC1COCC1c1cccc(Br)c1. The van der Waals surface area contributed by atoms with Gasteiger partial charge in [-0.1, -0.05) is 28.1 Å². The lowest BCUT2D eigenvalue weighted by molar-refractivity contribution is 0.191. The molecule has 0 saturated carbocycles. The van der Waals surface area contributed by atoms with Crippen LogP contribution in [0.3, 0.4) is 0 Å². The van der Waals surface area contributed by atoms with E-state index in [-0.39, 0.29) is 6.04 Å². The molecule has 70 valence electrons. The standard InChI is InChI=1S/C10H12BrNO/c11-8-3-1-2-7(4-8)9-5-13-6-10(9)12/h1-4,9-10H,5-6,12H2. The predicted octanol–water partition coefficient (Wildman–Crippen LogP) is 1.89. The lowest BCUT2D eigenvalue weighted by Gasteiger charge is -2.13. The van der Waals surface area contributed by atoms with Crippen LogP contribution in [0.15, 0.2) is 28.7 Å². The highest BCUT2D eigenvalue weighted by molar-refractivity contribution is 9.10. The lowest BCUT2D eigenvalue weighted by atomic mass is 9.95. The molecular weight excluding hydrogens is 230 g/mol. The van der Waals surface area contributed by atoms with Crippen molar-refractivity contribution in [1.82, 2.24) is 0 Å². The normalized spacial score (nSPS) is 27.8. The van der Waals surface area contributed by atoms with E-state index in [2.05, 4.69) is 28.1 Å². The third kappa shape index (κ3) is 1.93. The molecule has 2 unspecified atom stereocenters. The highest BCUT2D eigenvalue weighted by atomic mass is 79.9. The summed E-state index contributed by atoms with van der Waals surface area (Å²) in [7, 11) is 0. The highest BCUT2D eigenvalue weighted by Gasteiger charge is 2.26. The van der Waals surface area contributed by atoms with Crippen LogP contribution in [0.5, 0.6) is 0 Å². The fourth-order valence-electron chi connectivity index (χ4n) is 1.65. The average Bonchev–Trinajstić information content (AvgIpc) is 2.51. The maximum absolute atomic E-state index is 5.92. The molecule has 2 N–H and O–H groups in total. The lowest BCUT2D eigenvalue weighted by Crippen LogP contribution is -2.26. The highest BCUT2D eigenvalue weighted by Crippen LogP contribution is 2.26. The van der Waals surface area contributed by atoms with Crippen LogP contribution in [-0.2, 0) is 4.74 Å². The van der Waals surface area contributed by atoms with E-state index in [0.29, 0.717) is 12.5 Å². The zero-order valence-corrected chi connectivity index (χ0v) is 8.83. The summed E-state index contributed by atoms with van der Waals surface area (Å²) in [6.45, 7) is 1.43. The molecule has 0 aromatic heterocycles. The molecule has 0 spiro atoms. The second-order valence-electron chi connectivity index (χ2n) is 3.36. The third-order valence-electron chi connectivity index (χ3n) is 2.40. The van der Waals surface area contributed by atoms with E-state index in [1.165, 1.54) is 5.56 Å². The summed E-state index contributed by atoms with van der Waals surface area (Å²) in [4.78, 5) is 0. The van der Waals surface area contributed by atoms with Gasteiger partial charge in [-0.3, -0.25) is 0 Å². The molecule has 1 saturated heterocycles. The zero-order chi connectivity index (χ0) is 9.26. The van der Waals surface area contributed by atoms with E-state index in [1.807, 2.05) is 12.1 Å². The minimum absolute atomic E-state index is 0.147. The van der Waals surface area contributed by atoms with Crippen LogP contribution in [0.4, 0.5) is 0 Å². The summed E-state index contributed by atoms with van der Waals surface area (Å²) < 4.78 is 6.42. The van der Waals surface area contributed by atoms with Gasteiger partial charge < -0.3 is 10.5 Å². The van der Waals surface area contributed by atoms with Crippen molar-refractivity contribution in [3.63, 3.8) is 0 Å². The Morgan fingerprint density at radius 2 is 2.23 bits per heavy atom. The van der Waals surface area contributed by atoms with Gasteiger partial charge >= 0.3 is 0 Å². The molecular formula is C10H12BrNO. The first-order valence-electron chi connectivity index (χ1n) is 4.36. The van der Waals surface area contributed by atoms with Crippen LogP contribution in [-0.4, -0.2) is 19.3 Å². The Hall–Kier alpha value is -0.380. The summed E-state index contributed by atoms with van der Waals surface area (Å²) in [5, 5.41) is 0. The van der Waals surface area contributed by atoms with Crippen LogP contribution in [0.2, 0.25) is 0 Å². The van der Waals surface area contributed by atoms with E-state index in [9.17, 15) is 0 Å². The van der Waals surface area contributed by atoms with E-state index in [1.54, 1.807) is 0 Å². The van der Waals surface area contributed by atoms with Crippen molar-refractivity contribution in [3.8, 4) is 0 Å². The molecule has 2 nitrogen and oxygen atoms in total. The molecule has 0 aliphatic carbocycles. The van der Waals surface area contributed by atoms with Crippen molar-refractivity contribution in [2.24, 2.45) is 5.73 Å². The molecule has 2 rings (SSSR count). The summed E-state index contributed by atoms with van der Waals surface area (Å²) in [5.74, 6) is 0.359. The maximum Gasteiger partial charge on any atom is 0.0624 e. The number of benzene rings is 1. The topological polar surface area (TPSA) is 35.2 Å². The van der Waals surface area contributed by atoms with Gasteiger partial charge in [-0.05, 0) is 17.7 Å². The van der Waals surface area contributed by atoms with E-state index in [4.69, 9.17) is 10.5 Å². The van der Waals surface area contributed by atoms with Crippen molar-refractivity contribution in [2.75, 3.05) is 13.2 Å². The van der Waals surface area contributed by atoms with Gasteiger partial charge in [0.1, 0.15) is 0 Å². The summed E-state index contributed by atoms with van der Waals surface area (Å²) >= 11 is 3.45. The maximum atomic E-state index is 5.92. The first-order chi connectivity index (χ1) is 6.27. The number of hydrogen-bond acceptors (Lipinski definition) is 2. The number of nitrogens with two attached hydrogens (primary N) is 1. The average molecular weight is 242 g/mol. The zero-order valence-electron chi connectivity index (χ0n) is 7.24. The molecule has 1 aromatic rings. The molecule has 1 heterocycles. The van der Waals surface area contributed by atoms with Crippen LogP contribution < -0.4 is 5.73 Å². The Morgan fingerprint density at radius 1 is 1.38 bits per heavy atom. The second-order valence-corrected chi connectivity index (χ2v) is 4.28. The molecule has 1 fully saturated rings. The molecule has 13 heavy (non-hydrogen) atoms. The van der Waals surface area contributed by atoms with Crippen molar-refractivity contribution >= 4 is 15.9 Å². The van der Waals surface area contributed by atoms with Gasteiger partial charge in [-0.25, -0.2) is 0 Å². The Balaban J connectivity index is 2.24. The third-order valence-corrected chi connectivity index (χ3v) is 2.89. The van der Waals surface area contributed by atoms with Gasteiger partial charge in [-0.2, -0.15) is 0 Å². The first kappa shape index (κ1) is 9.19. The molecule has 2 atom stereocenters. The minimum Gasteiger partial charge on any atom is -0.379 e. The molecule has 0 amide bonds. The summed E-state index contributed by atoms with van der Waals surface area (Å²) in [6.07, 6.45) is 0. The number of rotatable bonds is 1. The van der Waals surface area contributed by atoms with Gasteiger partial charge in [-0.15, -0.1) is 0 Å². The van der Waals surface area contributed by atoms with E-state index < -0.39 is 0 Å². The molecule has 1 aromatic carbocycles. The van der Waals surface area contributed by atoms with Crippen LogP contribution in [0.1, 0.15) is 11.5 Å². The summed E-state index contributed by atoms with van der Waals surface area (Å²) in [5.41, 5.74) is 7.18. The number of hydrogen-bond donors (Lipinski definition) is 1. The second kappa shape index (κ2) is 3.78. The van der Waals surface area contributed by atoms with Gasteiger partial charge in [0.05, 0.1) is 13.2 Å². The fourth-order valence-corrected chi connectivity index (χ4v) is 2.07. The number of ether oxygens (including phenoxy) is 1. The van der Waals surface area contributed by atoms with Crippen LogP contribution >= 0.6 is 15.9 Å². The Bertz CT molecular complexity index is 303. The van der Waals surface area contributed by atoms with Crippen molar-refractivity contribution in [1.29, 1.82) is 0 Å². The van der Waals surface area contributed by atoms with Crippen LogP contribution in [0, 0.1) is 0 Å². The molecule has 3 heteroatoms. The molecule has 0 radical (unpaired) electrons. The minimum atomic E-state index is 0.147. The quantitative estimate of drug-likeness (QED) is 0.816. The summed E-state index contributed by atoms with van der Waals surface area (Å²) in [6, 6.07) is 8.41. The van der Waals surface area contributed by atoms with Crippen molar-refractivity contribution in [3.05, 3.63) is 34.3 Å². The van der Waals surface area contributed by atoms with E-state index in [0.717, 1.165) is 11.1 Å². The molecule has 0 bridgehead atoms. The van der Waals surface area contributed by atoms with Gasteiger partial charge in [0, 0.05) is 16.4 Å². The first-order valence-corrected chi connectivity index (χ1v) is 5.15. The van der Waals surface area contributed by atoms with Crippen molar-refractivity contribution in [2.45, 2.75) is 12.0 Å². The van der Waals surface area contributed by atoms with E-state index >= 15 is 0 Å². The Kier molecular flexibility index (Phi) is 2.67. The fraction of sp³-hybridized carbons (Fsp3) is 0.400. The largest absolute Gasteiger partial charge is 0.379 e. The Morgan fingerprint density at radius 3 is 2.85 bits per heavy atom. The van der Waals surface area contributed by atoms with Gasteiger partial charge in [0.25, 0.3) is 0 Å². The van der Waals surface area contributed by atoms with Gasteiger partial charge in [0.2, 0.25) is 0 Å².